The molecule has 2 unspecified atom stereocenters. The second-order valence-corrected chi connectivity index (χ2v) is 8.85. The Morgan fingerprint density at radius 1 is 0.833 bits per heavy atom. The van der Waals surface area contributed by atoms with E-state index in [0.717, 1.165) is 0 Å². The van der Waals surface area contributed by atoms with Gasteiger partial charge in [0.15, 0.2) is 11.6 Å². The summed E-state index contributed by atoms with van der Waals surface area (Å²) in [6.45, 7) is 12.0. The number of benzene rings is 1. The summed E-state index contributed by atoms with van der Waals surface area (Å²) < 4.78 is 0. The minimum Gasteiger partial charge on any atom is -0.478 e. The Kier molecular flexibility index (Phi) is 4.47. The molecule has 1 aromatic carbocycles. The summed E-state index contributed by atoms with van der Waals surface area (Å²) in [5.41, 5.74) is 0.133. The van der Waals surface area contributed by atoms with Crippen LogP contribution in [0.2, 0.25) is 0 Å². The number of carbonyl (C=O) groups is 3. The number of carboxylic acid groups (broad SMARTS) is 1. The third-order valence-corrected chi connectivity index (χ3v) is 4.87. The molecule has 0 amide bonds. The maximum atomic E-state index is 13.1. The molecule has 1 fully saturated rings. The van der Waals surface area contributed by atoms with Crippen LogP contribution in [0, 0.1) is 22.7 Å². The Hall–Kier alpha value is -1.97. The number of hydrogen-bond acceptors (Lipinski definition) is 3. The maximum Gasteiger partial charge on any atom is 0.335 e. The van der Waals surface area contributed by atoms with Crippen molar-refractivity contribution in [3.63, 3.8) is 0 Å². The van der Waals surface area contributed by atoms with E-state index in [-0.39, 0.29) is 39.8 Å². The Balaban J connectivity index is 2.50. The Morgan fingerprint density at radius 2 is 1.21 bits per heavy atom. The zero-order chi connectivity index (χ0) is 18.4. The van der Waals surface area contributed by atoms with Crippen molar-refractivity contribution in [1.82, 2.24) is 0 Å². The van der Waals surface area contributed by atoms with Gasteiger partial charge in [-0.15, -0.1) is 0 Å². The number of carboxylic acids is 1. The van der Waals surface area contributed by atoms with Crippen LogP contribution in [0.4, 0.5) is 0 Å². The SMILES string of the molecule is CC(C)(C)C1C(=O)C(c2ccc(C(=O)O)cc2)C(=O)C1C(C)(C)C. The summed E-state index contributed by atoms with van der Waals surface area (Å²) in [5.74, 6) is -2.58. The zero-order valence-electron chi connectivity index (χ0n) is 15.2. The van der Waals surface area contributed by atoms with Gasteiger partial charge < -0.3 is 5.11 Å². The van der Waals surface area contributed by atoms with Gasteiger partial charge in [0.05, 0.1) is 5.56 Å². The fourth-order valence-corrected chi connectivity index (χ4v) is 3.83. The van der Waals surface area contributed by atoms with Crippen molar-refractivity contribution in [3.8, 4) is 0 Å². The van der Waals surface area contributed by atoms with E-state index >= 15 is 0 Å². The topological polar surface area (TPSA) is 71.4 Å². The molecule has 24 heavy (non-hydrogen) atoms. The highest BCUT2D eigenvalue weighted by Gasteiger charge is 2.57. The molecule has 0 saturated heterocycles. The molecule has 0 heterocycles. The molecule has 2 atom stereocenters. The van der Waals surface area contributed by atoms with Crippen molar-refractivity contribution in [1.29, 1.82) is 0 Å². The summed E-state index contributed by atoms with van der Waals surface area (Å²) >= 11 is 0. The van der Waals surface area contributed by atoms with E-state index in [1.165, 1.54) is 12.1 Å². The Labute approximate surface area is 143 Å². The molecular weight excluding hydrogens is 304 g/mol. The number of carbonyl (C=O) groups excluding carboxylic acids is 2. The van der Waals surface area contributed by atoms with Gasteiger partial charge in [-0.3, -0.25) is 9.59 Å². The van der Waals surface area contributed by atoms with Gasteiger partial charge in [0.2, 0.25) is 0 Å². The summed E-state index contributed by atoms with van der Waals surface area (Å²) in [7, 11) is 0. The van der Waals surface area contributed by atoms with Crippen molar-refractivity contribution in [3.05, 3.63) is 35.4 Å². The van der Waals surface area contributed by atoms with Crippen LogP contribution in [0.5, 0.6) is 0 Å². The lowest BCUT2D eigenvalue weighted by atomic mass is 9.65. The van der Waals surface area contributed by atoms with Crippen LogP contribution in [0.15, 0.2) is 24.3 Å². The predicted molar refractivity (Wildman–Crippen MR) is 92.0 cm³/mol. The molecule has 0 bridgehead atoms. The number of hydrogen-bond donors (Lipinski definition) is 1. The second-order valence-electron chi connectivity index (χ2n) is 8.85. The van der Waals surface area contributed by atoms with Crippen LogP contribution in [-0.4, -0.2) is 22.6 Å². The molecule has 0 aliphatic heterocycles. The first-order valence-corrected chi connectivity index (χ1v) is 8.26. The Bertz CT molecular complexity index is 639. The van der Waals surface area contributed by atoms with E-state index in [4.69, 9.17) is 5.11 Å². The molecule has 0 spiro atoms. The lowest BCUT2D eigenvalue weighted by Crippen LogP contribution is -2.38. The van der Waals surface area contributed by atoms with Crippen molar-refractivity contribution in [2.24, 2.45) is 22.7 Å². The van der Waals surface area contributed by atoms with Gasteiger partial charge in [-0.25, -0.2) is 4.79 Å². The van der Waals surface area contributed by atoms with Crippen molar-refractivity contribution < 1.29 is 19.5 Å². The molecule has 4 nitrogen and oxygen atoms in total. The number of Topliss-reactive ketones (excluding diaryl/α,β-unsaturated/α-hetero) is 2. The van der Waals surface area contributed by atoms with Crippen LogP contribution in [0.25, 0.3) is 0 Å². The normalized spacial score (nSPS) is 25.2. The van der Waals surface area contributed by atoms with Gasteiger partial charge >= 0.3 is 5.97 Å². The third-order valence-electron chi connectivity index (χ3n) is 4.87. The summed E-state index contributed by atoms with van der Waals surface area (Å²) in [5, 5.41) is 9.01. The first kappa shape index (κ1) is 18.4. The highest BCUT2D eigenvalue weighted by molar-refractivity contribution is 6.16. The van der Waals surface area contributed by atoms with Crippen molar-refractivity contribution in [2.75, 3.05) is 0 Å². The monoisotopic (exact) mass is 330 g/mol. The van der Waals surface area contributed by atoms with Gasteiger partial charge in [-0.05, 0) is 28.5 Å². The van der Waals surface area contributed by atoms with Crippen LogP contribution >= 0.6 is 0 Å². The number of rotatable bonds is 2. The van der Waals surface area contributed by atoms with E-state index < -0.39 is 11.9 Å². The van der Waals surface area contributed by atoms with Crippen LogP contribution in [0.1, 0.15) is 63.4 Å². The lowest BCUT2D eigenvalue weighted by molar-refractivity contribution is -0.127. The van der Waals surface area contributed by atoms with Crippen LogP contribution in [-0.2, 0) is 9.59 Å². The van der Waals surface area contributed by atoms with Crippen LogP contribution < -0.4 is 0 Å². The first-order valence-electron chi connectivity index (χ1n) is 8.26. The largest absolute Gasteiger partial charge is 0.478 e. The van der Waals surface area contributed by atoms with Gasteiger partial charge in [0.25, 0.3) is 0 Å². The van der Waals surface area contributed by atoms with E-state index in [1.54, 1.807) is 12.1 Å². The average molecular weight is 330 g/mol. The van der Waals surface area contributed by atoms with E-state index in [0.29, 0.717) is 5.56 Å². The third kappa shape index (κ3) is 3.14. The van der Waals surface area contributed by atoms with Gasteiger partial charge in [-0.2, -0.15) is 0 Å². The molecule has 1 saturated carbocycles. The molecule has 1 N–H and O–H groups in total. The summed E-state index contributed by atoms with van der Waals surface area (Å²) in [6, 6.07) is 6.09. The first-order chi connectivity index (χ1) is 10.9. The highest BCUT2D eigenvalue weighted by atomic mass is 16.4. The summed E-state index contributed by atoms with van der Waals surface area (Å²) in [6.07, 6.45) is 0. The van der Waals surface area contributed by atoms with Gasteiger partial charge in [0.1, 0.15) is 5.92 Å². The van der Waals surface area contributed by atoms with Crippen molar-refractivity contribution in [2.45, 2.75) is 47.5 Å². The minimum absolute atomic E-state index is 0.0458. The lowest BCUT2D eigenvalue weighted by Gasteiger charge is -2.37. The number of aromatic carboxylic acids is 1. The van der Waals surface area contributed by atoms with Crippen LogP contribution in [0.3, 0.4) is 0 Å². The molecule has 0 radical (unpaired) electrons. The van der Waals surface area contributed by atoms with E-state index in [1.807, 2.05) is 41.5 Å². The summed E-state index contributed by atoms with van der Waals surface area (Å²) in [4.78, 5) is 37.2. The Morgan fingerprint density at radius 3 is 1.50 bits per heavy atom. The molecule has 2 rings (SSSR count). The fraction of sp³-hybridized carbons (Fsp3) is 0.550. The predicted octanol–water partition coefficient (Wildman–Crippen LogP) is 3.94. The highest BCUT2D eigenvalue weighted by Crippen LogP contribution is 2.51. The molecule has 0 aromatic heterocycles. The molecule has 4 heteroatoms. The van der Waals surface area contributed by atoms with E-state index in [9.17, 15) is 14.4 Å². The fourth-order valence-electron chi connectivity index (χ4n) is 3.83. The zero-order valence-corrected chi connectivity index (χ0v) is 15.2. The molecule has 1 aliphatic carbocycles. The number of ketones is 2. The smallest absolute Gasteiger partial charge is 0.335 e. The van der Waals surface area contributed by atoms with E-state index in [2.05, 4.69) is 0 Å². The average Bonchev–Trinajstić information content (AvgIpc) is 2.70. The van der Waals surface area contributed by atoms with Crippen molar-refractivity contribution >= 4 is 17.5 Å². The minimum atomic E-state index is -1.02. The standard InChI is InChI=1S/C20H26O4/c1-19(2,3)14-15(20(4,5)6)17(22)13(16(14)21)11-7-9-12(10-8-11)18(23)24/h7-10,13-15H,1-6H3,(H,23,24). The van der Waals surface area contributed by atoms with Gasteiger partial charge in [0, 0.05) is 11.8 Å². The second kappa shape index (κ2) is 5.83. The molecular formula is C20H26O4. The van der Waals surface area contributed by atoms with Gasteiger partial charge in [-0.1, -0.05) is 53.7 Å². The molecule has 1 aromatic rings. The molecule has 130 valence electrons. The maximum absolute atomic E-state index is 13.1. The quantitative estimate of drug-likeness (QED) is 0.834. The molecule has 1 aliphatic rings.